The van der Waals surface area contributed by atoms with Gasteiger partial charge >= 0.3 is 0 Å². The average molecular weight is 197 g/mol. The third-order valence-corrected chi connectivity index (χ3v) is 1.79. The minimum Gasteiger partial charge on any atom is -0.258 e. The van der Waals surface area contributed by atoms with Crippen LogP contribution in [0.4, 0.5) is 11.4 Å². The Bertz CT molecular complexity index is 347. The molecule has 0 fully saturated rings. The van der Waals surface area contributed by atoms with Gasteiger partial charge in [-0.25, -0.2) is 0 Å². The molecule has 1 aromatic carbocycles. The summed E-state index contributed by atoms with van der Waals surface area (Å²) in [6.07, 6.45) is 0. The molecule has 0 atom stereocenters. The quantitative estimate of drug-likeness (QED) is 0.372. The van der Waals surface area contributed by atoms with Gasteiger partial charge in [0.1, 0.15) is 0 Å². The predicted octanol–water partition coefficient (Wildman–Crippen LogP) is -0.239. The van der Waals surface area contributed by atoms with E-state index in [1.54, 1.807) is 0 Å². The molecule has 0 unspecified atom stereocenters. The fourth-order valence-corrected chi connectivity index (χ4v) is 1.29. The van der Waals surface area contributed by atoms with Gasteiger partial charge in [0.25, 0.3) is 11.4 Å². The van der Waals surface area contributed by atoms with Gasteiger partial charge in [0, 0.05) is 22.4 Å². The zero-order chi connectivity index (χ0) is 10.0. The molecular formula is C6H5N2O4Si. The van der Waals surface area contributed by atoms with Crippen molar-refractivity contribution in [3.63, 3.8) is 0 Å². The van der Waals surface area contributed by atoms with Crippen LogP contribution in [-0.2, 0) is 0 Å². The number of benzene rings is 1. The van der Waals surface area contributed by atoms with Gasteiger partial charge in [-0.3, -0.25) is 20.2 Å². The van der Waals surface area contributed by atoms with E-state index < -0.39 is 9.85 Å². The molecule has 0 saturated carbocycles. The van der Waals surface area contributed by atoms with Crippen LogP contribution in [0.5, 0.6) is 0 Å². The van der Waals surface area contributed by atoms with Crippen molar-refractivity contribution in [1.29, 1.82) is 0 Å². The molecule has 0 aromatic heterocycles. The van der Waals surface area contributed by atoms with Crippen LogP contribution < -0.4 is 5.19 Å². The Morgan fingerprint density at radius 2 is 1.38 bits per heavy atom. The summed E-state index contributed by atoms with van der Waals surface area (Å²) >= 11 is 0. The largest absolute Gasteiger partial charge is 0.276 e. The average Bonchev–Trinajstić information content (AvgIpc) is 2.03. The summed E-state index contributed by atoms with van der Waals surface area (Å²) in [6, 6.07) is 3.54. The first-order valence-electron chi connectivity index (χ1n) is 3.26. The van der Waals surface area contributed by atoms with Gasteiger partial charge in [0.2, 0.25) is 0 Å². The second-order valence-corrected chi connectivity index (χ2v) is 3.19. The third kappa shape index (κ3) is 2.09. The van der Waals surface area contributed by atoms with Crippen LogP contribution in [0.25, 0.3) is 0 Å². The fraction of sp³-hybridized carbons (Fsp3) is 0. The van der Waals surface area contributed by atoms with E-state index in [0.29, 0.717) is 5.19 Å². The molecule has 0 spiro atoms. The first-order valence-corrected chi connectivity index (χ1v) is 3.97. The summed E-state index contributed by atoms with van der Waals surface area (Å²) in [4.78, 5) is 19.3. The van der Waals surface area contributed by atoms with Crippen LogP contribution in [0, 0.1) is 20.2 Å². The highest BCUT2D eigenvalue weighted by atomic mass is 28.1. The molecule has 67 valence electrons. The number of hydrogen-bond donors (Lipinski definition) is 0. The fourth-order valence-electron chi connectivity index (χ4n) is 0.867. The maximum atomic E-state index is 10.3. The zero-order valence-electron chi connectivity index (χ0n) is 6.47. The van der Waals surface area contributed by atoms with Crippen LogP contribution in [0.15, 0.2) is 18.2 Å². The lowest BCUT2D eigenvalue weighted by molar-refractivity contribution is -0.394. The maximum absolute atomic E-state index is 10.3. The van der Waals surface area contributed by atoms with Crippen LogP contribution >= 0.6 is 0 Å². The molecule has 1 aromatic rings. The molecule has 13 heavy (non-hydrogen) atoms. The molecule has 7 heteroatoms. The predicted molar refractivity (Wildman–Crippen MR) is 47.9 cm³/mol. The van der Waals surface area contributed by atoms with E-state index >= 15 is 0 Å². The minimum atomic E-state index is -0.648. The SMILES string of the molecule is O=[N+]([O-])c1cc([SiH2])cc([N+](=O)[O-])c1. The van der Waals surface area contributed by atoms with Crippen molar-refractivity contribution >= 4 is 26.8 Å². The molecule has 0 bridgehead atoms. The molecule has 0 aliphatic carbocycles. The Morgan fingerprint density at radius 3 is 1.69 bits per heavy atom. The lowest BCUT2D eigenvalue weighted by Crippen LogP contribution is -2.05. The monoisotopic (exact) mass is 197 g/mol. The standard InChI is InChI=1S/C6H5N2O4Si/c9-7(10)4-1-5(8(11)12)3-6(13)2-4/h1-3H,13H2. The molecule has 0 N–H and O–H groups in total. The smallest absolute Gasteiger partial charge is 0.258 e. The highest BCUT2D eigenvalue weighted by Crippen LogP contribution is 2.16. The summed E-state index contributed by atoms with van der Waals surface area (Å²) in [5.74, 6) is 0. The second-order valence-electron chi connectivity index (χ2n) is 2.37. The highest BCUT2D eigenvalue weighted by Gasteiger charge is 2.14. The molecule has 0 amide bonds. The lowest BCUT2D eigenvalue weighted by atomic mass is 10.3. The number of nitro benzene ring substituents is 2. The van der Waals surface area contributed by atoms with Gasteiger partial charge in [-0.05, 0) is 0 Å². The molecule has 0 saturated heterocycles. The van der Waals surface area contributed by atoms with E-state index in [0.717, 1.165) is 6.07 Å². The van der Waals surface area contributed by atoms with E-state index in [2.05, 4.69) is 0 Å². The summed E-state index contributed by atoms with van der Waals surface area (Å²) in [7, 11) is 1.37. The van der Waals surface area contributed by atoms with Gasteiger partial charge in [-0.15, -0.1) is 0 Å². The van der Waals surface area contributed by atoms with Gasteiger partial charge in [0.05, 0.1) is 15.9 Å². The Hall–Kier alpha value is -1.76. The molecule has 1 radical (unpaired) electrons. The van der Waals surface area contributed by atoms with Crippen LogP contribution in [0.1, 0.15) is 0 Å². The first kappa shape index (κ1) is 9.33. The maximum Gasteiger partial charge on any atom is 0.276 e. The highest BCUT2D eigenvalue weighted by molar-refractivity contribution is 6.32. The van der Waals surface area contributed by atoms with Crippen molar-refractivity contribution < 1.29 is 9.85 Å². The normalized spacial score (nSPS) is 9.62. The zero-order valence-corrected chi connectivity index (χ0v) is 7.88. The third-order valence-electron chi connectivity index (χ3n) is 1.38. The summed E-state index contributed by atoms with van der Waals surface area (Å²) in [5, 5.41) is 21.2. The minimum absolute atomic E-state index is 0.251. The van der Waals surface area contributed by atoms with Crippen molar-refractivity contribution in [1.82, 2.24) is 0 Å². The van der Waals surface area contributed by atoms with Crippen molar-refractivity contribution in [2.45, 2.75) is 0 Å². The Kier molecular flexibility index (Phi) is 2.38. The summed E-state index contributed by atoms with van der Waals surface area (Å²) in [6.45, 7) is 0. The van der Waals surface area contributed by atoms with Gasteiger partial charge < -0.3 is 0 Å². The topological polar surface area (TPSA) is 86.3 Å². The molecule has 0 heterocycles. The van der Waals surface area contributed by atoms with Crippen molar-refractivity contribution in [3.05, 3.63) is 38.4 Å². The summed E-state index contributed by atoms with van der Waals surface area (Å²) < 4.78 is 0. The first-order chi connectivity index (χ1) is 6.00. The van der Waals surface area contributed by atoms with Crippen molar-refractivity contribution in [3.8, 4) is 0 Å². The van der Waals surface area contributed by atoms with Crippen LogP contribution in [0.3, 0.4) is 0 Å². The molecule has 0 aliphatic heterocycles. The molecule has 0 aliphatic rings. The number of hydrogen-bond acceptors (Lipinski definition) is 4. The molecule has 1 rings (SSSR count). The second kappa shape index (κ2) is 3.31. The Labute approximate surface area is 75.9 Å². The number of nitro groups is 2. The van der Waals surface area contributed by atoms with Gasteiger partial charge in [-0.2, -0.15) is 0 Å². The Morgan fingerprint density at radius 1 is 1.00 bits per heavy atom. The number of non-ortho nitro benzene ring substituents is 2. The van der Waals surface area contributed by atoms with Crippen LogP contribution in [-0.4, -0.2) is 20.1 Å². The number of nitrogens with zero attached hydrogens (tertiary/aromatic N) is 2. The van der Waals surface area contributed by atoms with Crippen LogP contribution in [0.2, 0.25) is 0 Å². The lowest BCUT2D eigenvalue weighted by Gasteiger charge is -1.94. The van der Waals surface area contributed by atoms with Gasteiger partial charge in [-0.1, -0.05) is 5.19 Å². The van der Waals surface area contributed by atoms with E-state index in [1.807, 2.05) is 0 Å². The Balaban J connectivity index is 3.26. The van der Waals surface area contributed by atoms with E-state index in [9.17, 15) is 20.2 Å². The van der Waals surface area contributed by atoms with Crippen molar-refractivity contribution in [2.75, 3.05) is 0 Å². The molecule has 6 nitrogen and oxygen atoms in total. The summed E-state index contributed by atoms with van der Waals surface area (Å²) in [5.41, 5.74) is -0.501. The van der Waals surface area contributed by atoms with Gasteiger partial charge in [0.15, 0.2) is 0 Å². The number of rotatable bonds is 2. The van der Waals surface area contributed by atoms with E-state index in [4.69, 9.17) is 0 Å². The molecular weight excluding hydrogens is 192 g/mol. The van der Waals surface area contributed by atoms with E-state index in [-0.39, 0.29) is 11.4 Å². The van der Waals surface area contributed by atoms with Crippen molar-refractivity contribution in [2.24, 2.45) is 0 Å². The van der Waals surface area contributed by atoms with E-state index in [1.165, 1.54) is 22.4 Å².